The number of carbonyl (C=O) groups excluding carboxylic acids is 1. The standard InChI is InChI=1S/C16H14BrNO6S/c1-22-16(19)10-3-2-4-11(7-10)25(20,21)18-13-9-15-14(8-12(13)17)23-5-6-24-15/h2-4,7-9,18H,5-6H2,1H3. The van der Waals surface area contributed by atoms with Gasteiger partial charge in [0.2, 0.25) is 0 Å². The zero-order valence-electron chi connectivity index (χ0n) is 13.1. The fourth-order valence-electron chi connectivity index (χ4n) is 2.25. The lowest BCUT2D eigenvalue weighted by atomic mass is 10.2. The molecule has 25 heavy (non-hydrogen) atoms. The molecule has 0 bridgehead atoms. The highest BCUT2D eigenvalue weighted by molar-refractivity contribution is 9.10. The molecule has 1 N–H and O–H groups in total. The van der Waals surface area contributed by atoms with Crippen molar-refractivity contribution in [1.82, 2.24) is 0 Å². The maximum absolute atomic E-state index is 12.6. The molecule has 0 unspecified atom stereocenters. The second kappa shape index (κ2) is 6.93. The largest absolute Gasteiger partial charge is 0.486 e. The molecule has 0 aromatic heterocycles. The number of hydrogen-bond donors (Lipinski definition) is 1. The lowest BCUT2D eigenvalue weighted by molar-refractivity contribution is 0.0600. The summed E-state index contributed by atoms with van der Waals surface area (Å²) in [5, 5.41) is 0. The fraction of sp³-hybridized carbons (Fsp3) is 0.188. The van der Waals surface area contributed by atoms with Crippen molar-refractivity contribution >= 4 is 37.6 Å². The van der Waals surface area contributed by atoms with Crippen molar-refractivity contribution in [2.45, 2.75) is 4.90 Å². The SMILES string of the molecule is COC(=O)c1cccc(S(=O)(=O)Nc2cc3c(cc2Br)OCCO3)c1. The predicted octanol–water partition coefficient (Wildman–Crippen LogP) is 2.81. The van der Waals surface area contributed by atoms with Gasteiger partial charge in [-0.2, -0.15) is 0 Å². The van der Waals surface area contributed by atoms with E-state index in [2.05, 4.69) is 25.4 Å². The number of nitrogens with one attached hydrogen (secondary N) is 1. The summed E-state index contributed by atoms with van der Waals surface area (Å²) in [6, 6.07) is 8.77. The van der Waals surface area contributed by atoms with E-state index in [1.165, 1.54) is 31.4 Å². The van der Waals surface area contributed by atoms with E-state index in [9.17, 15) is 13.2 Å². The van der Waals surface area contributed by atoms with Crippen LogP contribution in [0.25, 0.3) is 0 Å². The topological polar surface area (TPSA) is 90.9 Å². The molecule has 7 nitrogen and oxygen atoms in total. The third-order valence-corrected chi connectivity index (χ3v) is 5.46. The van der Waals surface area contributed by atoms with Gasteiger partial charge in [0.1, 0.15) is 13.2 Å². The molecule has 3 rings (SSSR count). The van der Waals surface area contributed by atoms with Gasteiger partial charge in [-0.15, -0.1) is 0 Å². The molecule has 2 aromatic rings. The highest BCUT2D eigenvalue weighted by Gasteiger charge is 2.21. The maximum atomic E-state index is 12.6. The fourth-order valence-corrected chi connectivity index (χ4v) is 3.92. The third-order valence-electron chi connectivity index (χ3n) is 3.44. The average molecular weight is 428 g/mol. The molecular weight excluding hydrogens is 414 g/mol. The van der Waals surface area contributed by atoms with Crippen molar-refractivity contribution in [3.63, 3.8) is 0 Å². The van der Waals surface area contributed by atoms with Crippen LogP contribution in [0.4, 0.5) is 5.69 Å². The van der Waals surface area contributed by atoms with Crippen molar-refractivity contribution in [2.24, 2.45) is 0 Å². The highest BCUT2D eigenvalue weighted by atomic mass is 79.9. The predicted molar refractivity (Wildman–Crippen MR) is 93.7 cm³/mol. The van der Waals surface area contributed by atoms with Crippen LogP contribution < -0.4 is 14.2 Å². The monoisotopic (exact) mass is 427 g/mol. The lowest BCUT2D eigenvalue weighted by Gasteiger charge is -2.20. The van der Waals surface area contributed by atoms with Gasteiger partial charge in [0, 0.05) is 16.6 Å². The first-order valence-corrected chi connectivity index (χ1v) is 9.48. The molecule has 0 atom stereocenters. The third kappa shape index (κ3) is 3.72. The molecule has 0 aliphatic carbocycles. The molecule has 1 heterocycles. The van der Waals surface area contributed by atoms with Crippen LogP contribution in [0.3, 0.4) is 0 Å². The number of benzene rings is 2. The number of methoxy groups -OCH3 is 1. The molecule has 132 valence electrons. The Morgan fingerprint density at radius 3 is 2.52 bits per heavy atom. The van der Waals surface area contributed by atoms with Gasteiger partial charge in [0.25, 0.3) is 10.0 Å². The molecule has 1 aliphatic rings. The van der Waals surface area contributed by atoms with Crippen molar-refractivity contribution < 1.29 is 27.4 Å². The normalized spacial score (nSPS) is 13.2. The quantitative estimate of drug-likeness (QED) is 0.754. The molecule has 9 heteroatoms. The number of fused-ring (bicyclic) bond motifs is 1. The molecule has 0 saturated carbocycles. The minimum absolute atomic E-state index is 0.0582. The summed E-state index contributed by atoms with van der Waals surface area (Å²) in [5.41, 5.74) is 0.444. The minimum Gasteiger partial charge on any atom is -0.486 e. The number of sulfonamides is 1. The average Bonchev–Trinajstić information content (AvgIpc) is 2.61. The first kappa shape index (κ1) is 17.6. The Bertz CT molecular complexity index is 928. The van der Waals surface area contributed by atoms with E-state index in [1.807, 2.05) is 0 Å². The van der Waals surface area contributed by atoms with Crippen LogP contribution >= 0.6 is 15.9 Å². The van der Waals surface area contributed by atoms with Crippen LogP contribution in [0.1, 0.15) is 10.4 Å². The van der Waals surface area contributed by atoms with E-state index in [0.29, 0.717) is 34.9 Å². The van der Waals surface area contributed by atoms with Crippen molar-refractivity contribution in [3.05, 3.63) is 46.4 Å². The number of hydrogen-bond acceptors (Lipinski definition) is 6. The van der Waals surface area contributed by atoms with E-state index in [-0.39, 0.29) is 10.5 Å². The van der Waals surface area contributed by atoms with Crippen LogP contribution in [0, 0.1) is 0 Å². The molecule has 0 saturated heterocycles. The Kier molecular flexibility index (Phi) is 4.87. The summed E-state index contributed by atoms with van der Waals surface area (Å²) in [7, 11) is -2.68. The summed E-state index contributed by atoms with van der Waals surface area (Å²) in [6.45, 7) is 0.826. The summed E-state index contributed by atoms with van der Waals surface area (Å²) >= 11 is 3.31. The summed E-state index contributed by atoms with van der Waals surface area (Å²) in [6.07, 6.45) is 0. The second-order valence-electron chi connectivity index (χ2n) is 5.10. The number of ether oxygens (including phenoxy) is 3. The number of halogens is 1. The Balaban J connectivity index is 1.93. The van der Waals surface area contributed by atoms with Crippen LogP contribution in [0.15, 0.2) is 45.8 Å². The van der Waals surface area contributed by atoms with Crippen LogP contribution in [-0.2, 0) is 14.8 Å². The van der Waals surface area contributed by atoms with Gasteiger partial charge in [-0.1, -0.05) is 6.07 Å². The Morgan fingerprint density at radius 1 is 1.16 bits per heavy atom. The minimum atomic E-state index is -3.91. The smallest absolute Gasteiger partial charge is 0.337 e. The molecule has 0 fully saturated rings. The Labute approximate surface area is 153 Å². The van der Waals surface area contributed by atoms with Crippen LogP contribution in [0.5, 0.6) is 11.5 Å². The van der Waals surface area contributed by atoms with Crippen molar-refractivity contribution in [2.75, 3.05) is 25.0 Å². The summed E-state index contributed by atoms with van der Waals surface area (Å²) < 4.78 is 43.8. The van der Waals surface area contributed by atoms with Gasteiger partial charge < -0.3 is 14.2 Å². The molecule has 2 aromatic carbocycles. The van der Waals surface area contributed by atoms with Crippen LogP contribution in [0.2, 0.25) is 0 Å². The van der Waals surface area contributed by atoms with Gasteiger partial charge in [0.15, 0.2) is 11.5 Å². The first-order valence-electron chi connectivity index (χ1n) is 7.21. The zero-order valence-corrected chi connectivity index (χ0v) is 15.5. The maximum Gasteiger partial charge on any atom is 0.337 e. The lowest BCUT2D eigenvalue weighted by Crippen LogP contribution is -2.17. The number of carbonyl (C=O) groups is 1. The summed E-state index contributed by atoms with van der Waals surface area (Å²) in [5.74, 6) is 0.377. The number of anilines is 1. The van der Waals surface area contributed by atoms with E-state index < -0.39 is 16.0 Å². The first-order chi connectivity index (χ1) is 11.9. The van der Waals surface area contributed by atoms with Crippen LogP contribution in [-0.4, -0.2) is 34.7 Å². The zero-order chi connectivity index (χ0) is 18.0. The molecule has 1 aliphatic heterocycles. The van der Waals surface area contributed by atoms with Gasteiger partial charge in [0.05, 0.1) is 23.3 Å². The van der Waals surface area contributed by atoms with Gasteiger partial charge in [-0.25, -0.2) is 13.2 Å². The summed E-state index contributed by atoms with van der Waals surface area (Å²) in [4.78, 5) is 11.5. The Morgan fingerprint density at radius 2 is 1.84 bits per heavy atom. The molecule has 0 radical (unpaired) electrons. The second-order valence-corrected chi connectivity index (χ2v) is 7.64. The van der Waals surface area contributed by atoms with Crippen molar-refractivity contribution in [1.29, 1.82) is 0 Å². The molecular formula is C16H14BrNO6S. The number of esters is 1. The number of rotatable bonds is 4. The highest BCUT2D eigenvalue weighted by Crippen LogP contribution is 2.38. The van der Waals surface area contributed by atoms with E-state index in [4.69, 9.17) is 9.47 Å². The molecule has 0 spiro atoms. The Hall–Kier alpha value is -2.26. The van der Waals surface area contributed by atoms with Gasteiger partial charge in [-0.3, -0.25) is 4.72 Å². The van der Waals surface area contributed by atoms with Crippen molar-refractivity contribution in [3.8, 4) is 11.5 Å². The van der Waals surface area contributed by atoms with E-state index >= 15 is 0 Å². The molecule has 0 amide bonds. The van der Waals surface area contributed by atoms with E-state index in [0.717, 1.165) is 0 Å². The van der Waals surface area contributed by atoms with Gasteiger partial charge >= 0.3 is 5.97 Å². The van der Waals surface area contributed by atoms with Gasteiger partial charge in [-0.05, 0) is 34.1 Å². The van der Waals surface area contributed by atoms with E-state index in [1.54, 1.807) is 12.1 Å².